The zero-order chi connectivity index (χ0) is 23.7. The maximum atomic E-state index is 12.5. The van der Waals surface area contributed by atoms with Crippen LogP contribution in [0, 0.1) is 0 Å². The van der Waals surface area contributed by atoms with E-state index in [1.165, 1.54) is 28.4 Å². The zero-order valence-corrected chi connectivity index (χ0v) is 20.6. The van der Waals surface area contributed by atoms with Gasteiger partial charge in [0.05, 0.1) is 38.1 Å². The van der Waals surface area contributed by atoms with Crippen molar-refractivity contribution in [3.8, 4) is 16.2 Å². The van der Waals surface area contributed by atoms with Gasteiger partial charge in [-0.05, 0) is 36.8 Å². The van der Waals surface area contributed by atoms with Crippen LogP contribution in [0.3, 0.4) is 0 Å². The molecule has 3 aromatic rings. The Morgan fingerprint density at radius 3 is 2.39 bits per heavy atom. The number of hydrogen-bond donors (Lipinski definition) is 4. The van der Waals surface area contributed by atoms with E-state index in [1.54, 1.807) is 12.3 Å². The van der Waals surface area contributed by atoms with Gasteiger partial charge in [0, 0.05) is 22.9 Å². The molecule has 0 spiro atoms. The lowest BCUT2D eigenvalue weighted by molar-refractivity contribution is 0.0572. The number of halogens is 1. The number of aliphatic hydroxyl groups is 2. The van der Waals surface area contributed by atoms with Gasteiger partial charge >= 0.3 is 0 Å². The highest BCUT2D eigenvalue weighted by atomic mass is 79.9. The fourth-order valence-corrected chi connectivity index (χ4v) is 5.47. The molecule has 1 aliphatic rings. The molecule has 0 saturated carbocycles. The Labute approximate surface area is 205 Å². The number of carbonyl (C=O) groups is 2. The molecule has 1 aliphatic heterocycles. The van der Waals surface area contributed by atoms with Crippen molar-refractivity contribution in [2.24, 2.45) is 5.10 Å². The number of nitrogens with zero attached hydrogens (tertiary/aromatic N) is 2. The second-order valence-electron chi connectivity index (χ2n) is 7.48. The minimum atomic E-state index is -0.966. The Morgan fingerprint density at radius 2 is 1.73 bits per heavy atom. The fourth-order valence-electron chi connectivity index (χ4n) is 3.33. The molecular formula is C22H20BrN3O5S2. The van der Waals surface area contributed by atoms with Gasteiger partial charge in [-0.1, -0.05) is 28.1 Å². The van der Waals surface area contributed by atoms with Crippen LogP contribution in [0.2, 0.25) is 0 Å². The first-order valence-corrected chi connectivity index (χ1v) is 12.4. The van der Waals surface area contributed by atoms with Crippen LogP contribution in [-0.4, -0.2) is 63.0 Å². The van der Waals surface area contributed by atoms with Gasteiger partial charge in [-0.15, -0.1) is 22.7 Å². The number of aromatic hydroxyl groups is 1. The third-order valence-corrected chi connectivity index (χ3v) is 7.79. The molecule has 2 unspecified atom stereocenters. The van der Waals surface area contributed by atoms with Gasteiger partial charge in [0.1, 0.15) is 5.75 Å². The number of carbonyl (C=O) groups excluding carboxylic acids is 2. The normalized spacial score (nSPS) is 18.5. The van der Waals surface area contributed by atoms with Crippen molar-refractivity contribution in [1.82, 2.24) is 10.3 Å². The molecule has 1 aromatic carbocycles. The van der Waals surface area contributed by atoms with Crippen LogP contribution in [0.25, 0.3) is 10.4 Å². The highest BCUT2D eigenvalue weighted by Crippen LogP contribution is 2.39. The van der Waals surface area contributed by atoms with Crippen molar-refractivity contribution in [2.75, 3.05) is 13.1 Å². The maximum Gasteiger partial charge on any atom is 0.281 e. The first kappa shape index (κ1) is 23.6. The molecule has 4 N–H and O–H groups in total. The van der Waals surface area contributed by atoms with Crippen LogP contribution < -0.4 is 5.43 Å². The second kappa shape index (κ2) is 9.74. The van der Waals surface area contributed by atoms with E-state index in [1.807, 2.05) is 24.3 Å². The lowest BCUT2D eigenvalue weighted by Gasteiger charge is -2.13. The number of hydrogen-bond acceptors (Lipinski definition) is 8. The molecule has 0 aliphatic carbocycles. The number of likely N-dealkylation sites (tertiary alicyclic amines) is 1. The number of aliphatic hydroxyl groups excluding tert-OH is 2. The van der Waals surface area contributed by atoms with E-state index in [4.69, 9.17) is 0 Å². The summed E-state index contributed by atoms with van der Waals surface area (Å²) in [5, 5.41) is 35.8. The van der Waals surface area contributed by atoms with Crippen LogP contribution in [0.5, 0.6) is 5.75 Å². The molecule has 8 nitrogen and oxygen atoms in total. The van der Waals surface area contributed by atoms with Crippen LogP contribution in [0.15, 0.2) is 51.4 Å². The molecule has 172 valence electrons. The molecule has 11 heteroatoms. The molecule has 2 amide bonds. The maximum absolute atomic E-state index is 12.5. The summed E-state index contributed by atoms with van der Waals surface area (Å²) in [6.07, 6.45) is -1.93. The summed E-state index contributed by atoms with van der Waals surface area (Å²) in [7, 11) is 0. The topological polar surface area (TPSA) is 122 Å². The monoisotopic (exact) mass is 549 g/mol. The summed E-state index contributed by atoms with van der Waals surface area (Å²) in [6, 6.07) is 10.6. The van der Waals surface area contributed by atoms with Crippen LogP contribution >= 0.6 is 38.6 Å². The molecule has 33 heavy (non-hydrogen) atoms. The quantitative estimate of drug-likeness (QED) is 0.287. The number of hydrazone groups is 1. The largest absolute Gasteiger partial charge is 0.506 e. The second-order valence-corrected chi connectivity index (χ2v) is 10.4. The van der Waals surface area contributed by atoms with Crippen molar-refractivity contribution in [3.63, 3.8) is 0 Å². The number of rotatable bonds is 5. The third-order valence-electron chi connectivity index (χ3n) is 5.17. The molecule has 2 aromatic heterocycles. The number of thiophene rings is 2. The number of benzene rings is 1. The molecule has 4 rings (SSSR count). The highest BCUT2D eigenvalue weighted by molar-refractivity contribution is 9.10. The van der Waals surface area contributed by atoms with Crippen molar-refractivity contribution in [2.45, 2.75) is 19.1 Å². The molecular weight excluding hydrogens is 530 g/mol. The number of nitrogens with one attached hydrogen (secondary N) is 1. The highest BCUT2D eigenvalue weighted by Gasteiger charge is 2.33. The zero-order valence-electron chi connectivity index (χ0n) is 17.4. The van der Waals surface area contributed by atoms with E-state index in [-0.39, 0.29) is 24.7 Å². The van der Waals surface area contributed by atoms with Crippen molar-refractivity contribution in [1.29, 1.82) is 0 Å². The van der Waals surface area contributed by atoms with Crippen LogP contribution in [-0.2, 0) is 0 Å². The summed E-state index contributed by atoms with van der Waals surface area (Å²) >= 11 is 5.77. The average Bonchev–Trinajstić information content (AvgIpc) is 3.51. The Bertz CT molecular complexity index is 1210. The van der Waals surface area contributed by atoms with Gasteiger partial charge in [0.15, 0.2) is 0 Å². The van der Waals surface area contributed by atoms with E-state index in [0.717, 1.165) is 21.4 Å². The lowest BCUT2D eigenvalue weighted by atomic mass is 10.1. The van der Waals surface area contributed by atoms with Gasteiger partial charge in [-0.25, -0.2) is 5.43 Å². The molecule has 0 radical (unpaired) electrons. The SMILES string of the molecule is C/C(=N\NC(=O)c1ccc(C(=O)N2CC(O)C(O)C2)s1)c1csc(-c2ccc(Br)cc2)c1O. The number of β-amino-alcohol motifs (C(OH)–C–C–N with tert-alkyl or cyclic N) is 2. The van der Waals surface area contributed by atoms with Crippen molar-refractivity contribution < 1.29 is 24.9 Å². The van der Waals surface area contributed by atoms with Gasteiger partial charge in [-0.3, -0.25) is 9.59 Å². The summed E-state index contributed by atoms with van der Waals surface area (Å²) < 4.78 is 0.942. The molecule has 1 fully saturated rings. The Kier molecular flexibility index (Phi) is 6.96. The summed E-state index contributed by atoms with van der Waals surface area (Å²) in [6.45, 7) is 1.78. The van der Waals surface area contributed by atoms with E-state index < -0.39 is 18.1 Å². The predicted molar refractivity (Wildman–Crippen MR) is 131 cm³/mol. The first-order chi connectivity index (χ1) is 15.7. The van der Waals surface area contributed by atoms with Gasteiger partial charge in [-0.2, -0.15) is 5.10 Å². The summed E-state index contributed by atoms with van der Waals surface area (Å²) in [5.41, 5.74) is 4.29. The van der Waals surface area contributed by atoms with E-state index in [2.05, 4.69) is 26.5 Å². The first-order valence-electron chi connectivity index (χ1n) is 9.91. The fraction of sp³-hybridized carbons (Fsp3) is 0.227. The Morgan fingerprint density at radius 1 is 1.09 bits per heavy atom. The minimum Gasteiger partial charge on any atom is -0.506 e. The lowest BCUT2D eigenvalue weighted by Crippen LogP contribution is -2.29. The van der Waals surface area contributed by atoms with Gasteiger partial charge in [0.25, 0.3) is 11.8 Å². The Balaban J connectivity index is 1.43. The van der Waals surface area contributed by atoms with E-state index >= 15 is 0 Å². The van der Waals surface area contributed by atoms with E-state index in [0.29, 0.717) is 25.9 Å². The molecule has 2 atom stereocenters. The number of amides is 2. The van der Waals surface area contributed by atoms with Crippen LogP contribution in [0.1, 0.15) is 31.8 Å². The van der Waals surface area contributed by atoms with Crippen molar-refractivity contribution in [3.05, 3.63) is 61.6 Å². The summed E-state index contributed by atoms with van der Waals surface area (Å²) in [4.78, 5) is 27.7. The van der Waals surface area contributed by atoms with Gasteiger partial charge in [0.2, 0.25) is 0 Å². The Hall–Kier alpha value is -2.57. The molecule has 3 heterocycles. The third kappa shape index (κ3) is 5.02. The standard InChI is InChI=1S/C22H20BrN3O5S2/c1-11(14-10-32-20(19(14)29)12-2-4-13(23)5-3-12)24-25-21(30)17-6-7-18(33-17)22(31)26-8-15(27)16(28)9-26/h2-7,10,15-16,27-29H,8-9H2,1H3,(H,25,30)/b24-11+. The predicted octanol–water partition coefficient (Wildman–Crippen LogP) is 3.28. The van der Waals surface area contributed by atoms with Crippen LogP contribution in [0.4, 0.5) is 0 Å². The summed E-state index contributed by atoms with van der Waals surface area (Å²) in [5.74, 6) is -0.738. The minimum absolute atomic E-state index is 0.0509. The van der Waals surface area contributed by atoms with E-state index in [9.17, 15) is 24.9 Å². The smallest absolute Gasteiger partial charge is 0.281 e. The van der Waals surface area contributed by atoms with Crippen molar-refractivity contribution >= 4 is 56.1 Å². The van der Waals surface area contributed by atoms with Gasteiger partial charge < -0.3 is 20.2 Å². The molecule has 1 saturated heterocycles. The molecule has 0 bridgehead atoms. The average molecular weight is 550 g/mol.